The molecule has 5 heteroatoms. The molecule has 0 saturated carbocycles. The van der Waals surface area contributed by atoms with Crippen LogP contribution in [0.5, 0.6) is 0 Å². The van der Waals surface area contributed by atoms with E-state index in [0.29, 0.717) is 11.6 Å². The van der Waals surface area contributed by atoms with Gasteiger partial charge in [-0.05, 0) is 17.7 Å². The minimum absolute atomic E-state index is 0.159. The summed E-state index contributed by atoms with van der Waals surface area (Å²) in [5, 5.41) is 1.12. The second-order valence-electron chi connectivity index (χ2n) is 5.82. The van der Waals surface area contributed by atoms with Gasteiger partial charge in [-0.2, -0.15) is 9.97 Å². The maximum atomic E-state index is 6.20. The molecule has 5 rings (SSSR count). The molecule has 0 atom stereocenters. The second kappa shape index (κ2) is 5.88. The van der Waals surface area contributed by atoms with Crippen molar-refractivity contribution in [3.8, 4) is 22.8 Å². The number of furan rings is 1. The summed E-state index contributed by atoms with van der Waals surface area (Å²) in [4.78, 5) is 13.3. The number of hydrogen-bond donors (Lipinski definition) is 0. The van der Waals surface area contributed by atoms with Crippen LogP contribution < -0.4 is 0 Å². The number of fused-ring (bicyclic) bond motifs is 3. The number of nitrogens with zero attached hydrogens (tertiary/aromatic N) is 3. The smallest absolute Gasteiger partial charge is 0.250 e. The molecule has 0 unspecified atom stereocenters. The van der Waals surface area contributed by atoms with Gasteiger partial charge in [0.2, 0.25) is 11.0 Å². The molecule has 4 aromatic rings. The van der Waals surface area contributed by atoms with Crippen molar-refractivity contribution in [3.63, 3.8) is 0 Å². The van der Waals surface area contributed by atoms with Crippen LogP contribution in [0.2, 0.25) is 5.28 Å². The van der Waals surface area contributed by atoms with Crippen LogP contribution in [0.25, 0.3) is 45.9 Å². The summed E-state index contributed by atoms with van der Waals surface area (Å²) in [7, 11) is 0. The van der Waals surface area contributed by atoms with E-state index < -0.39 is 0 Å². The van der Waals surface area contributed by atoms with Gasteiger partial charge < -0.3 is 4.42 Å². The lowest BCUT2D eigenvalue weighted by Crippen LogP contribution is -1.97. The zero-order valence-electron chi connectivity index (χ0n) is 13.5. The molecule has 0 spiro atoms. The Bertz CT molecular complexity index is 1190. The fourth-order valence-electron chi connectivity index (χ4n) is 3.09. The van der Waals surface area contributed by atoms with Gasteiger partial charge in [-0.3, -0.25) is 0 Å². The first-order chi connectivity index (χ1) is 12.8. The summed E-state index contributed by atoms with van der Waals surface area (Å²) >= 11 is 6.20. The maximum absolute atomic E-state index is 6.20. The number of aromatic nitrogens is 3. The fraction of sp³-hybridized carbons (Fsp3) is 0. The van der Waals surface area contributed by atoms with Crippen LogP contribution in [0, 0.1) is 6.08 Å². The average Bonchev–Trinajstić information content (AvgIpc) is 3.07. The number of halogens is 1. The van der Waals surface area contributed by atoms with Gasteiger partial charge in [0, 0.05) is 17.2 Å². The first kappa shape index (κ1) is 15.0. The topological polar surface area (TPSA) is 51.8 Å². The third kappa shape index (κ3) is 2.40. The maximum Gasteiger partial charge on any atom is 0.250 e. The Morgan fingerprint density at radius 3 is 2.62 bits per heavy atom. The predicted molar refractivity (Wildman–Crippen MR) is 102 cm³/mol. The van der Waals surface area contributed by atoms with Crippen LogP contribution >= 0.6 is 11.6 Å². The number of hydrogen-bond acceptors (Lipinski definition) is 4. The van der Waals surface area contributed by atoms with Crippen LogP contribution in [0.4, 0.5) is 0 Å². The van der Waals surface area contributed by atoms with Crippen molar-refractivity contribution < 1.29 is 4.42 Å². The summed E-state index contributed by atoms with van der Waals surface area (Å²) in [6.45, 7) is 0. The molecule has 4 nitrogen and oxygen atoms in total. The van der Waals surface area contributed by atoms with Gasteiger partial charge in [0.15, 0.2) is 17.2 Å². The molecule has 1 aliphatic rings. The Morgan fingerprint density at radius 1 is 0.885 bits per heavy atom. The van der Waals surface area contributed by atoms with Crippen molar-refractivity contribution >= 4 is 34.7 Å². The molecule has 1 aliphatic carbocycles. The molecular formula is C21H11ClN3O+. The van der Waals surface area contributed by atoms with Crippen molar-refractivity contribution in [3.05, 3.63) is 77.3 Å². The zero-order valence-corrected chi connectivity index (χ0v) is 14.2. The van der Waals surface area contributed by atoms with Crippen molar-refractivity contribution in [2.45, 2.75) is 0 Å². The van der Waals surface area contributed by atoms with Crippen LogP contribution in [-0.2, 0) is 0 Å². The minimum atomic E-state index is 0.159. The first-order valence-electron chi connectivity index (χ1n) is 8.08. The van der Waals surface area contributed by atoms with Gasteiger partial charge in [-0.25, -0.2) is 4.98 Å². The van der Waals surface area contributed by atoms with Crippen LogP contribution in [0.15, 0.2) is 59.0 Å². The van der Waals surface area contributed by atoms with Crippen molar-refractivity contribution in [1.82, 2.24) is 15.0 Å². The van der Waals surface area contributed by atoms with E-state index in [4.69, 9.17) is 16.0 Å². The number of benzene rings is 2. The standard InChI is InChI=1S/C21H11ClN3O/c22-21-24-19(13-7-2-1-3-8-13)23-20(25-21)15-10-6-12-17-18(15)14-9-4-5-11-16(14)26-17/h1-4,6-12H/q+1. The van der Waals surface area contributed by atoms with Gasteiger partial charge in [-0.1, -0.05) is 42.5 Å². The lowest BCUT2D eigenvalue weighted by molar-refractivity contribution is 0.603. The Balaban J connectivity index is 1.77. The fourth-order valence-corrected chi connectivity index (χ4v) is 3.25. The molecule has 0 N–H and O–H groups in total. The Kier molecular flexibility index (Phi) is 3.39. The van der Waals surface area contributed by atoms with Gasteiger partial charge in [0.25, 0.3) is 0 Å². The number of allylic oxidation sites excluding steroid dienone is 2. The lowest BCUT2D eigenvalue weighted by Gasteiger charge is -2.05. The third-order valence-corrected chi connectivity index (χ3v) is 4.39. The van der Waals surface area contributed by atoms with Crippen LogP contribution in [-0.4, -0.2) is 15.0 Å². The molecule has 26 heavy (non-hydrogen) atoms. The third-order valence-electron chi connectivity index (χ3n) is 4.22. The predicted octanol–water partition coefficient (Wildman–Crippen LogP) is 5.45. The van der Waals surface area contributed by atoms with E-state index in [1.807, 2.05) is 66.8 Å². The molecule has 0 radical (unpaired) electrons. The summed E-state index contributed by atoms with van der Waals surface area (Å²) < 4.78 is 5.92. The molecule has 0 aliphatic heterocycles. The SMILES string of the molecule is Clc1nc(-c2ccccc2)nc(-c2cccc3oc4c(c23)C=C[C+]=C4)n1. The molecule has 122 valence electrons. The molecule has 0 bridgehead atoms. The van der Waals surface area contributed by atoms with Crippen molar-refractivity contribution in [1.29, 1.82) is 0 Å². The lowest BCUT2D eigenvalue weighted by atomic mass is 10.0. The molecule has 2 heterocycles. The normalized spacial score (nSPS) is 12.2. The monoisotopic (exact) mass is 356 g/mol. The van der Waals surface area contributed by atoms with E-state index in [2.05, 4.69) is 21.0 Å². The van der Waals surface area contributed by atoms with E-state index in [1.54, 1.807) is 0 Å². The highest BCUT2D eigenvalue weighted by Gasteiger charge is 2.23. The largest absolute Gasteiger partial charge is 0.396 e. The zero-order chi connectivity index (χ0) is 17.5. The van der Waals surface area contributed by atoms with E-state index in [9.17, 15) is 0 Å². The van der Waals surface area contributed by atoms with E-state index in [-0.39, 0.29) is 5.28 Å². The van der Waals surface area contributed by atoms with Crippen LogP contribution in [0.1, 0.15) is 11.3 Å². The molecule has 0 amide bonds. The molecule has 0 saturated heterocycles. The quantitative estimate of drug-likeness (QED) is 0.448. The summed E-state index contributed by atoms with van der Waals surface area (Å²) in [6.07, 6.45) is 8.71. The van der Waals surface area contributed by atoms with Crippen molar-refractivity contribution in [2.24, 2.45) is 0 Å². The number of rotatable bonds is 2. The van der Waals surface area contributed by atoms with E-state index in [0.717, 1.165) is 33.4 Å². The first-order valence-corrected chi connectivity index (χ1v) is 8.46. The molecule has 2 aromatic carbocycles. The van der Waals surface area contributed by atoms with Gasteiger partial charge in [0.1, 0.15) is 17.7 Å². The van der Waals surface area contributed by atoms with Crippen LogP contribution in [0.3, 0.4) is 0 Å². The van der Waals surface area contributed by atoms with E-state index >= 15 is 0 Å². The summed E-state index contributed by atoms with van der Waals surface area (Å²) in [5.41, 5.74) is 3.51. The minimum Gasteiger partial charge on any atom is -0.396 e. The summed E-state index contributed by atoms with van der Waals surface area (Å²) in [6, 6.07) is 15.5. The van der Waals surface area contributed by atoms with Gasteiger partial charge in [0.05, 0.1) is 11.5 Å². The Hall–Kier alpha value is -3.33. The second-order valence-corrected chi connectivity index (χ2v) is 6.16. The van der Waals surface area contributed by atoms with Crippen molar-refractivity contribution in [2.75, 3.05) is 0 Å². The molecular weight excluding hydrogens is 346 g/mol. The van der Waals surface area contributed by atoms with Gasteiger partial charge >= 0.3 is 0 Å². The highest BCUT2D eigenvalue weighted by Crippen LogP contribution is 2.36. The highest BCUT2D eigenvalue weighted by atomic mass is 35.5. The Labute approximate surface area is 154 Å². The Morgan fingerprint density at radius 2 is 1.73 bits per heavy atom. The molecule has 2 aromatic heterocycles. The van der Waals surface area contributed by atoms with Gasteiger partial charge in [-0.15, -0.1) is 0 Å². The van der Waals surface area contributed by atoms with E-state index in [1.165, 1.54) is 0 Å². The highest BCUT2D eigenvalue weighted by molar-refractivity contribution is 6.28. The average molecular weight is 357 g/mol. The summed E-state index contributed by atoms with van der Waals surface area (Å²) in [5.74, 6) is 1.84. The molecule has 0 fully saturated rings.